The Labute approximate surface area is 117 Å². The predicted molar refractivity (Wildman–Crippen MR) is 78.8 cm³/mol. The third-order valence-electron chi connectivity index (χ3n) is 4.53. The molecule has 0 bridgehead atoms. The monoisotopic (exact) mass is 264 g/mol. The maximum absolute atomic E-state index is 5.97. The van der Waals surface area contributed by atoms with Crippen molar-refractivity contribution in [1.82, 2.24) is 14.5 Å². The number of aryl methyl sites for hydroxylation is 1. The third-order valence-corrected chi connectivity index (χ3v) is 4.53. The maximum Gasteiger partial charge on any atom is 0.122 e. The lowest BCUT2D eigenvalue weighted by Crippen LogP contribution is -2.45. The molecule has 0 radical (unpaired) electrons. The van der Waals surface area contributed by atoms with Crippen molar-refractivity contribution in [2.75, 3.05) is 13.1 Å². The highest BCUT2D eigenvalue weighted by atomic mass is 15.2. The van der Waals surface area contributed by atoms with Gasteiger partial charge in [0.15, 0.2) is 0 Å². The van der Waals surface area contributed by atoms with Gasteiger partial charge in [-0.2, -0.15) is 0 Å². The molecule has 1 heterocycles. The van der Waals surface area contributed by atoms with Crippen molar-refractivity contribution in [2.24, 2.45) is 11.7 Å². The first-order chi connectivity index (χ1) is 9.30. The van der Waals surface area contributed by atoms with Crippen molar-refractivity contribution in [3.63, 3.8) is 0 Å². The lowest BCUT2D eigenvalue weighted by Gasteiger charge is -2.39. The molecule has 1 fully saturated rings. The molecule has 1 aliphatic carbocycles. The molecular formula is C15H28N4. The largest absolute Gasteiger partial charge is 0.334 e. The van der Waals surface area contributed by atoms with Gasteiger partial charge in [-0.25, -0.2) is 4.98 Å². The molecular weight excluding hydrogens is 236 g/mol. The molecule has 108 valence electrons. The standard InChI is InChI=1S/C15H28N4/c1-3-18-10-9-17-15(18)12-19(4-2)14-8-6-5-7-13(14)11-16/h9-10,13-14H,3-8,11-12,16H2,1-2H3. The van der Waals surface area contributed by atoms with E-state index >= 15 is 0 Å². The minimum atomic E-state index is 0.644. The lowest BCUT2D eigenvalue weighted by molar-refractivity contribution is 0.102. The van der Waals surface area contributed by atoms with Crippen LogP contribution in [0.5, 0.6) is 0 Å². The van der Waals surface area contributed by atoms with Gasteiger partial charge in [0.05, 0.1) is 6.54 Å². The fraction of sp³-hybridized carbons (Fsp3) is 0.800. The predicted octanol–water partition coefficient (Wildman–Crippen LogP) is 2.24. The van der Waals surface area contributed by atoms with E-state index < -0.39 is 0 Å². The molecule has 1 aromatic rings. The summed E-state index contributed by atoms with van der Waals surface area (Å²) >= 11 is 0. The van der Waals surface area contributed by atoms with Crippen LogP contribution in [-0.4, -0.2) is 33.6 Å². The van der Waals surface area contributed by atoms with Gasteiger partial charge in [-0.15, -0.1) is 0 Å². The second-order valence-electron chi connectivity index (χ2n) is 5.54. The van der Waals surface area contributed by atoms with Gasteiger partial charge >= 0.3 is 0 Å². The van der Waals surface area contributed by atoms with Crippen LogP contribution in [0, 0.1) is 5.92 Å². The number of hydrogen-bond donors (Lipinski definition) is 1. The first-order valence-corrected chi connectivity index (χ1v) is 7.74. The van der Waals surface area contributed by atoms with E-state index in [0.717, 1.165) is 26.2 Å². The van der Waals surface area contributed by atoms with E-state index in [0.29, 0.717) is 12.0 Å². The minimum Gasteiger partial charge on any atom is -0.334 e. The molecule has 1 saturated carbocycles. The Morgan fingerprint density at radius 3 is 2.84 bits per heavy atom. The molecule has 1 aromatic heterocycles. The van der Waals surface area contributed by atoms with Gasteiger partial charge in [-0.1, -0.05) is 19.8 Å². The van der Waals surface area contributed by atoms with Gasteiger partial charge in [0.25, 0.3) is 0 Å². The zero-order chi connectivity index (χ0) is 13.7. The maximum atomic E-state index is 5.97. The summed E-state index contributed by atoms with van der Waals surface area (Å²) in [6, 6.07) is 0.644. The summed E-state index contributed by atoms with van der Waals surface area (Å²) in [6.07, 6.45) is 9.26. The molecule has 0 spiro atoms. The van der Waals surface area contributed by atoms with Crippen LogP contribution in [0.1, 0.15) is 45.4 Å². The summed E-state index contributed by atoms with van der Waals surface area (Å²) in [7, 11) is 0. The molecule has 0 amide bonds. The molecule has 4 nitrogen and oxygen atoms in total. The summed E-state index contributed by atoms with van der Waals surface area (Å²) in [5, 5.41) is 0. The summed E-state index contributed by atoms with van der Waals surface area (Å²) in [4.78, 5) is 7.09. The van der Waals surface area contributed by atoms with Gasteiger partial charge in [0.2, 0.25) is 0 Å². The Kier molecular flexibility index (Phi) is 5.40. The highest BCUT2D eigenvalue weighted by Crippen LogP contribution is 2.28. The van der Waals surface area contributed by atoms with Crippen LogP contribution in [0.2, 0.25) is 0 Å². The normalized spacial score (nSPS) is 24.0. The smallest absolute Gasteiger partial charge is 0.122 e. The summed E-state index contributed by atoms with van der Waals surface area (Å²) in [6.45, 7) is 8.28. The minimum absolute atomic E-state index is 0.644. The van der Waals surface area contributed by atoms with Gasteiger partial charge in [0.1, 0.15) is 5.82 Å². The number of hydrogen-bond acceptors (Lipinski definition) is 3. The van der Waals surface area contributed by atoms with Gasteiger partial charge < -0.3 is 10.3 Å². The molecule has 2 N–H and O–H groups in total. The highest BCUT2D eigenvalue weighted by molar-refractivity contribution is 4.94. The fourth-order valence-corrected chi connectivity index (χ4v) is 3.37. The zero-order valence-electron chi connectivity index (χ0n) is 12.4. The number of nitrogens with two attached hydrogens (primary N) is 1. The first-order valence-electron chi connectivity index (χ1n) is 7.74. The van der Waals surface area contributed by atoms with Gasteiger partial charge in [0, 0.05) is 25.0 Å². The van der Waals surface area contributed by atoms with E-state index in [4.69, 9.17) is 5.73 Å². The summed E-state index contributed by atoms with van der Waals surface area (Å²) < 4.78 is 2.24. The van der Waals surface area contributed by atoms with Gasteiger partial charge in [-0.3, -0.25) is 4.90 Å². The van der Waals surface area contributed by atoms with E-state index in [1.165, 1.54) is 31.5 Å². The molecule has 1 aliphatic rings. The Hall–Kier alpha value is -0.870. The molecule has 0 aliphatic heterocycles. The first kappa shape index (κ1) is 14.5. The van der Waals surface area contributed by atoms with Crippen LogP contribution >= 0.6 is 0 Å². The highest BCUT2D eigenvalue weighted by Gasteiger charge is 2.29. The van der Waals surface area contributed by atoms with Crippen molar-refractivity contribution in [1.29, 1.82) is 0 Å². The second-order valence-corrected chi connectivity index (χ2v) is 5.54. The molecule has 19 heavy (non-hydrogen) atoms. The Balaban J connectivity index is 2.06. The zero-order valence-corrected chi connectivity index (χ0v) is 12.4. The van der Waals surface area contributed by atoms with Crippen LogP contribution in [0.3, 0.4) is 0 Å². The van der Waals surface area contributed by atoms with E-state index in [2.05, 4.69) is 34.5 Å². The average molecular weight is 264 g/mol. The SMILES string of the molecule is CCN(Cc1nccn1CC)C1CCCCC1CN. The molecule has 2 unspecified atom stereocenters. The van der Waals surface area contributed by atoms with Crippen molar-refractivity contribution < 1.29 is 0 Å². The van der Waals surface area contributed by atoms with Crippen molar-refractivity contribution in [3.8, 4) is 0 Å². The molecule has 4 heteroatoms. The third kappa shape index (κ3) is 3.37. The average Bonchev–Trinajstić information content (AvgIpc) is 2.92. The molecule has 0 saturated heterocycles. The number of rotatable bonds is 6. The summed E-state index contributed by atoms with van der Waals surface area (Å²) in [5.41, 5.74) is 5.97. The topological polar surface area (TPSA) is 47.1 Å². The number of nitrogens with zero attached hydrogens (tertiary/aromatic N) is 3. The molecule has 2 rings (SSSR count). The van der Waals surface area contributed by atoms with Crippen LogP contribution in [0.15, 0.2) is 12.4 Å². The van der Waals surface area contributed by atoms with Crippen molar-refractivity contribution in [2.45, 2.75) is 58.7 Å². The van der Waals surface area contributed by atoms with Crippen molar-refractivity contribution >= 4 is 0 Å². The lowest BCUT2D eigenvalue weighted by atomic mass is 9.83. The van der Waals surface area contributed by atoms with Crippen LogP contribution in [0.25, 0.3) is 0 Å². The fourth-order valence-electron chi connectivity index (χ4n) is 3.37. The van der Waals surface area contributed by atoms with E-state index in [1.807, 2.05) is 6.20 Å². The molecule has 2 atom stereocenters. The Morgan fingerprint density at radius 1 is 1.37 bits per heavy atom. The number of aromatic nitrogens is 2. The van der Waals surface area contributed by atoms with Gasteiger partial charge in [-0.05, 0) is 38.8 Å². The van der Waals surface area contributed by atoms with Crippen LogP contribution in [-0.2, 0) is 13.1 Å². The summed E-state index contributed by atoms with van der Waals surface area (Å²) in [5.74, 6) is 1.85. The van der Waals surface area contributed by atoms with E-state index in [-0.39, 0.29) is 0 Å². The Morgan fingerprint density at radius 2 is 2.16 bits per heavy atom. The number of imidazole rings is 1. The van der Waals surface area contributed by atoms with Crippen LogP contribution in [0.4, 0.5) is 0 Å². The quantitative estimate of drug-likeness (QED) is 0.857. The van der Waals surface area contributed by atoms with Crippen LogP contribution < -0.4 is 5.73 Å². The second kappa shape index (κ2) is 7.06. The van der Waals surface area contributed by atoms with E-state index in [1.54, 1.807) is 0 Å². The van der Waals surface area contributed by atoms with E-state index in [9.17, 15) is 0 Å². The Bertz CT molecular complexity index is 374. The molecule has 0 aromatic carbocycles. The van der Waals surface area contributed by atoms with Crippen molar-refractivity contribution in [3.05, 3.63) is 18.2 Å².